The molecule has 1 aliphatic heterocycles. The molecule has 1 aromatic rings. The molecule has 0 bridgehead atoms. The Bertz CT molecular complexity index is 1030. The van der Waals surface area contributed by atoms with Crippen molar-refractivity contribution in [3.63, 3.8) is 0 Å². The van der Waals surface area contributed by atoms with Gasteiger partial charge in [0.25, 0.3) is 5.23 Å². The second-order valence-electron chi connectivity index (χ2n) is 8.95. The zero-order chi connectivity index (χ0) is 25.6. The van der Waals surface area contributed by atoms with Gasteiger partial charge in [-0.1, -0.05) is 66.4 Å². The standard InChI is InChI=1S/C30H39N3O2S/c1-4-10-26(5-2)32-30(36-3)35-28-15-13-24(14-16-28)17-20-33-21-18-27(19-22-33)31-29(34)23-25-11-8-6-7-9-12-25/h4-8,10-16,27H,9,17-23H2,1-3H3,(H,31,34)/b10-4-,26-5+,32-30?. The summed E-state index contributed by atoms with van der Waals surface area (Å²) >= 11 is 1.49. The van der Waals surface area contributed by atoms with E-state index in [4.69, 9.17) is 4.74 Å². The van der Waals surface area contributed by atoms with Gasteiger partial charge in [0.05, 0.1) is 12.1 Å². The number of hydrogen-bond acceptors (Lipinski definition) is 5. The van der Waals surface area contributed by atoms with Crippen LogP contribution in [0.5, 0.6) is 5.75 Å². The monoisotopic (exact) mass is 505 g/mol. The molecule has 6 heteroatoms. The molecule has 0 spiro atoms. The number of carbonyl (C=O) groups excluding carboxylic acids is 1. The van der Waals surface area contributed by atoms with E-state index in [9.17, 15) is 4.79 Å². The summed E-state index contributed by atoms with van der Waals surface area (Å²) in [4.78, 5) is 19.5. The minimum Gasteiger partial charge on any atom is -0.434 e. The van der Waals surface area contributed by atoms with Crippen LogP contribution in [0.15, 0.2) is 89.1 Å². The SMILES string of the molecule is C/C=C\C(=C/C)N=C(Oc1ccc(CCN2CCC(NC(=O)CC3=CCC=CC=C3)CC2)cc1)SC. The number of ether oxygens (including phenoxy) is 1. The maximum Gasteiger partial charge on any atom is 0.256 e. The number of rotatable bonds is 9. The summed E-state index contributed by atoms with van der Waals surface area (Å²) in [6.07, 6.45) is 22.5. The lowest BCUT2D eigenvalue weighted by molar-refractivity contribution is -0.121. The quantitative estimate of drug-likeness (QED) is 0.246. The van der Waals surface area contributed by atoms with Crippen molar-refractivity contribution in [2.24, 2.45) is 4.99 Å². The topological polar surface area (TPSA) is 53.9 Å². The number of piperidine rings is 1. The number of benzene rings is 1. The van der Waals surface area contributed by atoms with Crippen molar-refractivity contribution in [3.8, 4) is 5.75 Å². The first kappa shape index (κ1) is 27.8. The molecular weight excluding hydrogens is 466 g/mol. The van der Waals surface area contributed by atoms with Crippen molar-refractivity contribution in [3.05, 3.63) is 89.7 Å². The minimum atomic E-state index is 0.131. The Labute approximate surface area is 220 Å². The van der Waals surface area contributed by atoms with Gasteiger partial charge in [-0.15, -0.1) is 0 Å². The fraction of sp³-hybridized carbons (Fsp3) is 0.400. The molecule has 1 saturated heterocycles. The Morgan fingerprint density at radius 1 is 1.19 bits per heavy atom. The molecule has 1 N–H and O–H groups in total. The zero-order valence-electron chi connectivity index (χ0n) is 21.8. The smallest absolute Gasteiger partial charge is 0.256 e. The van der Waals surface area contributed by atoms with E-state index in [1.807, 2.05) is 68.7 Å². The van der Waals surface area contributed by atoms with Gasteiger partial charge in [-0.2, -0.15) is 0 Å². The van der Waals surface area contributed by atoms with Crippen LogP contribution in [0.25, 0.3) is 0 Å². The van der Waals surface area contributed by atoms with Crippen molar-refractivity contribution in [1.29, 1.82) is 0 Å². The minimum absolute atomic E-state index is 0.131. The van der Waals surface area contributed by atoms with Crippen LogP contribution in [0, 0.1) is 0 Å². The molecule has 0 saturated carbocycles. The molecule has 1 amide bonds. The molecule has 0 unspecified atom stereocenters. The van der Waals surface area contributed by atoms with Crippen molar-refractivity contribution < 1.29 is 9.53 Å². The van der Waals surface area contributed by atoms with E-state index >= 15 is 0 Å². The summed E-state index contributed by atoms with van der Waals surface area (Å²) in [7, 11) is 0. The number of aliphatic imine (C=N–C) groups is 1. The number of nitrogens with zero attached hydrogens (tertiary/aromatic N) is 2. The van der Waals surface area contributed by atoms with Crippen molar-refractivity contribution >= 4 is 22.9 Å². The van der Waals surface area contributed by atoms with E-state index in [1.54, 1.807) is 0 Å². The van der Waals surface area contributed by atoms with Crippen LogP contribution >= 0.6 is 11.8 Å². The van der Waals surface area contributed by atoms with Gasteiger partial charge in [0.2, 0.25) is 5.91 Å². The molecule has 3 rings (SSSR count). The summed E-state index contributed by atoms with van der Waals surface area (Å²) in [6.45, 7) is 7.01. The average Bonchev–Trinajstić information content (AvgIpc) is 3.16. The normalized spacial score (nSPS) is 17.8. The zero-order valence-corrected chi connectivity index (χ0v) is 22.6. The summed E-state index contributed by atoms with van der Waals surface area (Å²) in [5.74, 6) is 0.928. The fourth-order valence-electron chi connectivity index (χ4n) is 4.22. The van der Waals surface area contributed by atoms with Crippen LogP contribution in [0.4, 0.5) is 0 Å². The molecular formula is C30H39N3O2S. The van der Waals surface area contributed by atoms with Crippen molar-refractivity contribution in [1.82, 2.24) is 10.2 Å². The summed E-state index contributed by atoms with van der Waals surface area (Å²) < 4.78 is 5.97. The predicted molar refractivity (Wildman–Crippen MR) is 153 cm³/mol. The Balaban J connectivity index is 1.39. The number of likely N-dealkylation sites (tertiary alicyclic amines) is 1. The highest BCUT2D eigenvalue weighted by molar-refractivity contribution is 8.13. The van der Waals surface area contributed by atoms with E-state index < -0.39 is 0 Å². The number of allylic oxidation sites excluding steroid dienone is 8. The maximum atomic E-state index is 12.5. The molecule has 36 heavy (non-hydrogen) atoms. The molecule has 192 valence electrons. The molecule has 1 fully saturated rings. The Hall–Kier alpha value is -2.83. The van der Waals surface area contributed by atoms with Gasteiger partial charge in [-0.05, 0) is 75.1 Å². The largest absolute Gasteiger partial charge is 0.434 e. The van der Waals surface area contributed by atoms with Crippen LogP contribution in [-0.2, 0) is 11.2 Å². The number of nitrogens with one attached hydrogen (secondary N) is 1. The third-order valence-corrected chi connectivity index (χ3v) is 6.79. The lowest BCUT2D eigenvalue weighted by Crippen LogP contribution is -2.45. The van der Waals surface area contributed by atoms with Crippen LogP contribution in [-0.4, -0.2) is 48.0 Å². The van der Waals surface area contributed by atoms with Gasteiger partial charge in [0, 0.05) is 25.7 Å². The first-order valence-electron chi connectivity index (χ1n) is 12.8. The fourth-order valence-corrected chi connectivity index (χ4v) is 4.59. The van der Waals surface area contributed by atoms with E-state index in [2.05, 4.69) is 39.5 Å². The van der Waals surface area contributed by atoms with Gasteiger partial charge in [0.1, 0.15) is 5.75 Å². The lowest BCUT2D eigenvalue weighted by Gasteiger charge is -2.32. The number of hydrogen-bond donors (Lipinski definition) is 1. The Morgan fingerprint density at radius 3 is 2.67 bits per heavy atom. The number of thioether (sulfide) groups is 1. The molecule has 1 aliphatic carbocycles. The second kappa shape index (κ2) is 15.3. The summed E-state index contributed by atoms with van der Waals surface area (Å²) in [5, 5.41) is 3.86. The van der Waals surface area contributed by atoms with Crippen molar-refractivity contribution in [2.45, 2.75) is 52.0 Å². The van der Waals surface area contributed by atoms with Crippen LogP contribution in [0.1, 0.15) is 45.1 Å². The van der Waals surface area contributed by atoms with Gasteiger partial charge in [-0.25, -0.2) is 4.99 Å². The van der Waals surface area contributed by atoms with Crippen LogP contribution in [0.3, 0.4) is 0 Å². The van der Waals surface area contributed by atoms with Crippen LogP contribution in [0.2, 0.25) is 0 Å². The van der Waals surface area contributed by atoms with Gasteiger partial charge >= 0.3 is 0 Å². The Kier molecular flexibility index (Phi) is 11.8. The summed E-state index contributed by atoms with van der Waals surface area (Å²) in [5.41, 5.74) is 3.27. The molecule has 0 radical (unpaired) electrons. The van der Waals surface area contributed by atoms with Gasteiger partial charge in [-0.3, -0.25) is 4.79 Å². The molecule has 1 aromatic carbocycles. The predicted octanol–water partition coefficient (Wildman–Crippen LogP) is 6.22. The molecule has 0 atom stereocenters. The maximum absolute atomic E-state index is 12.5. The first-order chi connectivity index (χ1) is 17.6. The van der Waals surface area contributed by atoms with E-state index in [-0.39, 0.29) is 11.9 Å². The molecule has 5 nitrogen and oxygen atoms in total. The molecule has 0 aromatic heterocycles. The van der Waals surface area contributed by atoms with E-state index in [0.29, 0.717) is 11.7 Å². The average molecular weight is 506 g/mol. The molecule has 2 aliphatic rings. The highest BCUT2D eigenvalue weighted by atomic mass is 32.2. The number of carbonyl (C=O) groups is 1. The van der Waals surface area contributed by atoms with Gasteiger partial charge in [0.15, 0.2) is 0 Å². The van der Waals surface area contributed by atoms with Gasteiger partial charge < -0.3 is 15.0 Å². The molecule has 1 heterocycles. The van der Waals surface area contributed by atoms with E-state index in [1.165, 1.54) is 17.3 Å². The third-order valence-electron chi connectivity index (χ3n) is 6.26. The third kappa shape index (κ3) is 9.67. The van der Waals surface area contributed by atoms with Crippen LogP contribution < -0.4 is 10.1 Å². The highest BCUT2D eigenvalue weighted by Gasteiger charge is 2.20. The second-order valence-corrected chi connectivity index (χ2v) is 9.71. The summed E-state index contributed by atoms with van der Waals surface area (Å²) in [6, 6.07) is 8.58. The van der Waals surface area contributed by atoms with Crippen molar-refractivity contribution in [2.75, 3.05) is 25.9 Å². The Morgan fingerprint density at radius 2 is 1.97 bits per heavy atom. The highest BCUT2D eigenvalue weighted by Crippen LogP contribution is 2.18. The lowest BCUT2D eigenvalue weighted by atomic mass is 10.0. The van der Waals surface area contributed by atoms with E-state index in [0.717, 1.165) is 62.3 Å². The number of amides is 1. The first-order valence-corrected chi connectivity index (χ1v) is 14.0.